The molecule has 6 nitrogen and oxygen atoms in total. The highest BCUT2D eigenvalue weighted by Gasteiger charge is 2.17. The molecule has 1 amide bonds. The van der Waals surface area contributed by atoms with Crippen molar-refractivity contribution in [1.29, 1.82) is 0 Å². The van der Waals surface area contributed by atoms with E-state index < -0.39 is 11.9 Å². The van der Waals surface area contributed by atoms with Crippen LogP contribution in [0.4, 0.5) is 10.1 Å². The molecule has 0 aliphatic carbocycles. The van der Waals surface area contributed by atoms with Crippen LogP contribution in [0.5, 0.6) is 0 Å². The Hall–Kier alpha value is -2.19. The van der Waals surface area contributed by atoms with Gasteiger partial charge in [-0.2, -0.15) is 10.2 Å². The maximum atomic E-state index is 13.8. The van der Waals surface area contributed by atoms with Crippen LogP contribution in [-0.2, 0) is 11.3 Å². The summed E-state index contributed by atoms with van der Waals surface area (Å²) in [7, 11) is 0. The number of anilines is 1. The van der Waals surface area contributed by atoms with Crippen molar-refractivity contribution >= 4 is 39.1 Å². The molecule has 0 aliphatic rings. The zero-order valence-electron chi connectivity index (χ0n) is 13.2. The molecule has 3 rings (SSSR count). The highest BCUT2D eigenvalue weighted by molar-refractivity contribution is 9.10. The lowest BCUT2D eigenvalue weighted by atomic mass is 10.2. The second-order valence-electron chi connectivity index (χ2n) is 5.43. The van der Waals surface area contributed by atoms with Crippen LogP contribution in [0, 0.1) is 5.82 Å². The van der Waals surface area contributed by atoms with Gasteiger partial charge >= 0.3 is 0 Å². The fourth-order valence-corrected chi connectivity index (χ4v) is 2.78. The number of nitrogens with one attached hydrogen (secondary N) is 1. The van der Waals surface area contributed by atoms with Gasteiger partial charge in [-0.1, -0.05) is 17.7 Å². The van der Waals surface area contributed by atoms with E-state index in [2.05, 4.69) is 31.4 Å². The Bertz CT molecular complexity index is 889. The molecule has 1 aromatic carbocycles. The minimum Gasteiger partial charge on any atom is -0.322 e. The van der Waals surface area contributed by atoms with Gasteiger partial charge in [0.1, 0.15) is 11.9 Å². The lowest BCUT2D eigenvalue weighted by Crippen LogP contribution is -2.23. The predicted molar refractivity (Wildman–Crippen MR) is 96.0 cm³/mol. The van der Waals surface area contributed by atoms with E-state index in [1.165, 1.54) is 16.9 Å². The molecule has 130 valence electrons. The summed E-state index contributed by atoms with van der Waals surface area (Å²) < 4.78 is 17.7. The van der Waals surface area contributed by atoms with Crippen LogP contribution in [0.3, 0.4) is 0 Å². The van der Waals surface area contributed by atoms with Crippen molar-refractivity contribution in [2.75, 3.05) is 5.32 Å². The first-order chi connectivity index (χ1) is 11.9. The molecule has 3 aromatic rings. The Kier molecular flexibility index (Phi) is 5.19. The Balaban J connectivity index is 1.68. The van der Waals surface area contributed by atoms with Gasteiger partial charge in [0, 0.05) is 23.0 Å². The smallest absolute Gasteiger partial charge is 0.249 e. The minimum atomic E-state index is -0.490. The van der Waals surface area contributed by atoms with Gasteiger partial charge in [-0.15, -0.1) is 0 Å². The molecule has 25 heavy (non-hydrogen) atoms. The topological polar surface area (TPSA) is 64.7 Å². The van der Waals surface area contributed by atoms with Crippen LogP contribution in [0.1, 0.15) is 18.5 Å². The quantitative estimate of drug-likeness (QED) is 0.673. The molecule has 0 radical (unpaired) electrons. The minimum absolute atomic E-state index is 0.170. The Morgan fingerprint density at radius 2 is 2.16 bits per heavy atom. The van der Waals surface area contributed by atoms with Crippen molar-refractivity contribution in [1.82, 2.24) is 19.6 Å². The molecule has 2 heterocycles. The molecule has 0 fully saturated rings. The van der Waals surface area contributed by atoms with Crippen molar-refractivity contribution in [3.8, 4) is 0 Å². The van der Waals surface area contributed by atoms with Crippen molar-refractivity contribution in [3.63, 3.8) is 0 Å². The number of rotatable bonds is 5. The molecule has 1 unspecified atom stereocenters. The zero-order valence-corrected chi connectivity index (χ0v) is 15.5. The van der Waals surface area contributed by atoms with Crippen LogP contribution < -0.4 is 5.32 Å². The largest absolute Gasteiger partial charge is 0.322 e. The Morgan fingerprint density at radius 3 is 2.84 bits per heavy atom. The van der Waals surface area contributed by atoms with Gasteiger partial charge in [-0.25, -0.2) is 4.39 Å². The standard InChI is InChI=1S/C16H14BrClFN5O/c1-10(24-7-11(17)5-21-24)16(25)22-12-6-20-23(8-12)9-13-14(18)3-2-4-15(13)19/h2-8,10H,9H2,1H3,(H,22,25). The second kappa shape index (κ2) is 7.37. The van der Waals surface area contributed by atoms with E-state index in [1.807, 2.05) is 0 Å². The van der Waals surface area contributed by atoms with Gasteiger partial charge in [0.15, 0.2) is 0 Å². The van der Waals surface area contributed by atoms with E-state index in [0.29, 0.717) is 16.3 Å². The first kappa shape index (κ1) is 17.6. The molecule has 0 bridgehead atoms. The first-order valence-electron chi connectivity index (χ1n) is 7.40. The highest BCUT2D eigenvalue weighted by atomic mass is 79.9. The lowest BCUT2D eigenvalue weighted by molar-refractivity contribution is -0.119. The van der Waals surface area contributed by atoms with Crippen LogP contribution in [-0.4, -0.2) is 25.5 Å². The van der Waals surface area contributed by atoms with E-state index in [4.69, 9.17) is 11.6 Å². The number of carbonyl (C=O) groups excluding carboxylic acids is 1. The summed E-state index contributed by atoms with van der Waals surface area (Å²) in [6.07, 6.45) is 6.44. The lowest BCUT2D eigenvalue weighted by Gasteiger charge is -2.11. The second-order valence-corrected chi connectivity index (χ2v) is 6.75. The zero-order chi connectivity index (χ0) is 18.0. The predicted octanol–water partition coefficient (Wildman–Crippen LogP) is 3.88. The summed E-state index contributed by atoms with van der Waals surface area (Å²) in [4.78, 5) is 12.3. The monoisotopic (exact) mass is 425 g/mol. The number of aromatic nitrogens is 4. The van der Waals surface area contributed by atoms with Gasteiger partial charge in [0.05, 0.1) is 29.1 Å². The summed E-state index contributed by atoms with van der Waals surface area (Å²) in [6, 6.07) is 4.02. The third kappa shape index (κ3) is 4.08. The van der Waals surface area contributed by atoms with Crippen LogP contribution in [0.15, 0.2) is 47.5 Å². The summed E-state index contributed by atoms with van der Waals surface area (Å²) in [5.41, 5.74) is 0.857. The summed E-state index contributed by atoms with van der Waals surface area (Å²) >= 11 is 9.31. The average Bonchev–Trinajstić information content (AvgIpc) is 3.19. The van der Waals surface area contributed by atoms with Crippen LogP contribution in [0.2, 0.25) is 5.02 Å². The molecular weight excluding hydrogens is 413 g/mol. The molecular formula is C16H14BrClFN5O. The number of benzene rings is 1. The summed E-state index contributed by atoms with van der Waals surface area (Å²) in [6.45, 7) is 1.90. The number of amides is 1. The van der Waals surface area contributed by atoms with E-state index in [0.717, 1.165) is 4.47 Å². The molecule has 2 aromatic heterocycles. The van der Waals surface area contributed by atoms with Crippen LogP contribution in [0.25, 0.3) is 0 Å². The maximum Gasteiger partial charge on any atom is 0.249 e. The number of nitrogens with zero attached hydrogens (tertiary/aromatic N) is 4. The average molecular weight is 427 g/mol. The van der Waals surface area contributed by atoms with Crippen molar-refractivity contribution < 1.29 is 9.18 Å². The van der Waals surface area contributed by atoms with E-state index in [9.17, 15) is 9.18 Å². The molecule has 0 aliphatic heterocycles. The highest BCUT2D eigenvalue weighted by Crippen LogP contribution is 2.20. The summed E-state index contributed by atoms with van der Waals surface area (Å²) in [5, 5.41) is 11.3. The molecule has 0 saturated heterocycles. The van der Waals surface area contributed by atoms with Crippen molar-refractivity contribution in [3.05, 3.63) is 63.9 Å². The van der Waals surface area contributed by atoms with Gasteiger partial charge in [-0.05, 0) is 35.0 Å². The van der Waals surface area contributed by atoms with Gasteiger partial charge in [0.25, 0.3) is 0 Å². The normalized spacial score (nSPS) is 12.2. The van der Waals surface area contributed by atoms with Gasteiger partial charge < -0.3 is 5.32 Å². The maximum absolute atomic E-state index is 13.8. The molecule has 0 saturated carbocycles. The Labute approximate surface area is 156 Å². The number of hydrogen-bond donors (Lipinski definition) is 1. The summed E-state index contributed by atoms with van der Waals surface area (Å²) in [5.74, 6) is -0.634. The molecule has 0 spiro atoms. The third-order valence-corrected chi connectivity index (χ3v) is 4.39. The van der Waals surface area contributed by atoms with Crippen LogP contribution >= 0.6 is 27.5 Å². The van der Waals surface area contributed by atoms with Gasteiger partial charge in [-0.3, -0.25) is 14.2 Å². The molecule has 1 N–H and O–H groups in total. The van der Waals surface area contributed by atoms with E-state index in [1.54, 1.807) is 42.3 Å². The molecule has 9 heteroatoms. The first-order valence-corrected chi connectivity index (χ1v) is 8.57. The van der Waals surface area contributed by atoms with Crippen molar-refractivity contribution in [2.24, 2.45) is 0 Å². The van der Waals surface area contributed by atoms with E-state index in [-0.39, 0.29) is 12.5 Å². The fraction of sp³-hybridized carbons (Fsp3) is 0.188. The molecule has 1 atom stereocenters. The SMILES string of the molecule is CC(C(=O)Nc1cnn(Cc2c(F)cccc2Cl)c1)n1cc(Br)cn1. The van der Waals surface area contributed by atoms with Gasteiger partial charge in [0.2, 0.25) is 5.91 Å². The van der Waals surface area contributed by atoms with E-state index >= 15 is 0 Å². The third-order valence-electron chi connectivity index (χ3n) is 3.63. The fourth-order valence-electron chi connectivity index (χ4n) is 2.25. The number of carbonyl (C=O) groups is 1. The number of hydrogen-bond acceptors (Lipinski definition) is 3. The Morgan fingerprint density at radius 1 is 1.36 bits per heavy atom. The number of halogens is 3. The van der Waals surface area contributed by atoms with Crippen molar-refractivity contribution in [2.45, 2.75) is 19.5 Å².